The van der Waals surface area contributed by atoms with Crippen LogP contribution in [0.5, 0.6) is 0 Å². The molecule has 0 aromatic rings. The van der Waals surface area contributed by atoms with Gasteiger partial charge in [0.2, 0.25) is 0 Å². The van der Waals surface area contributed by atoms with Crippen LogP contribution in [-0.4, -0.2) is 29.5 Å². The van der Waals surface area contributed by atoms with Gasteiger partial charge in [-0.25, -0.2) is 0 Å². The van der Waals surface area contributed by atoms with Crippen LogP contribution in [0.3, 0.4) is 0 Å². The Morgan fingerprint density at radius 2 is 0.462 bits per heavy atom. The van der Waals surface area contributed by atoms with Gasteiger partial charge in [0.15, 0.2) is 0 Å². The van der Waals surface area contributed by atoms with Gasteiger partial charge >= 0.3 is 22.4 Å². The molecule has 0 saturated heterocycles. The fourth-order valence-corrected chi connectivity index (χ4v) is 0. The van der Waals surface area contributed by atoms with Crippen LogP contribution in [0.2, 0.25) is 0 Å². The topological polar surface area (TPSA) is 204 Å². The summed E-state index contributed by atoms with van der Waals surface area (Å²) in [4.78, 5) is 47.4. The SMILES string of the molecule is CCC([NH-])=O.CCC([NH-])=O.CCC([NH-])=O.CCC([NH-])=O.CCC([NH-])=O.[Ta+5]. The molecular formula is C15H30N5O5Ta. The van der Waals surface area contributed by atoms with Gasteiger partial charge in [0.25, 0.3) is 0 Å². The van der Waals surface area contributed by atoms with Gasteiger partial charge in [-0.15, -0.1) is 0 Å². The van der Waals surface area contributed by atoms with Gasteiger partial charge in [-0.3, -0.25) is 0 Å². The summed E-state index contributed by atoms with van der Waals surface area (Å²) in [6, 6.07) is 0. The third-order valence-electron chi connectivity index (χ3n) is 1.61. The Balaban J connectivity index is -0.0000000476. The number of hydrogen-bond acceptors (Lipinski definition) is 5. The maximum atomic E-state index is 9.48. The molecule has 150 valence electrons. The zero-order chi connectivity index (χ0) is 21.4. The molecule has 0 rings (SSSR count). The number of nitrogens with one attached hydrogen (secondary N) is 5. The smallest absolute Gasteiger partial charge is 0.668 e. The zero-order valence-corrected chi connectivity index (χ0v) is 19.2. The summed E-state index contributed by atoms with van der Waals surface area (Å²) in [6.07, 6.45) is 1.67. The van der Waals surface area contributed by atoms with Gasteiger partial charge in [0.05, 0.1) is 0 Å². The molecule has 0 heterocycles. The van der Waals surface area contributed by atoms with Crippen molar-refractivity contribution in [3.05, 3.63) is 28.7 Å². The van der Waals surface area contributed by atoms with E-state index in [0.717, 1.165) is 0 Å². The van der Waals surface area contributed by atoms with Crippen LogP contribution in [0.1, 0.15) is 66.7 Å². The summed E-state index contributed by atoms with van der Waals surface area (Å²) >= 11 is 0. The molecular weight excluding hydrogens is 511 g/mol. The van der Waals surface area contributed by atoms with E-state index in [9.17, 15) is 24.0 Å². The quantitative estimate of drug-likeness (QED) is 0.476. The van der Waals surface area contributed by atoms with Crippen LogP contribution in [0, 0.1) is 0 Å². The molecule has 0 saturated carbocycles. The molecule has 10 nitrogen and oxygen atoms in total. The van der Waals surface area contributed by atoms with Gasteiger partial charge in [-0.1, -0.05) is 34.6 Å². The molecule has 26 heavy (non-hydrogen) atoms. The van der Waals surface area contributed by atoms with Gasteiger partial charge in [0, 0.05) is 29.5 Å². The summed E-state index contributed by atoms with van der Waals surface area (Å²) in [7, 11) is 0. The molecule has 0 radical (unpaired) electrons. The molecule has 0 aliphatic carbocycles. The van der Waals surface area contributed by atoms with Crippen molar-refractivity contribution in [2.24, 2.45) is 0 Å². The summed E-state index contributed by atoms with van der Waals surface area (Å²) in [5.41, 5.74) is 30.9. The van der Waals surface area contributed by atoms with E-state index in [1.165, 1.54) is 0 Å². The number of hydrogen-bond donors (Lipinski definition) is 0. The number of rotatable bonds is 5. The van der Waals surface area contributed by atoms with Crippen molar-refractivity contribution < 1.29 is 46.4 Å². The minimum atomic E-state index is -0.495. The van der Waals surface area contributed by atoms with Crippen molar-refractivity contribution >= 4 is 29.5 Å². The molecule has 0 aromatic heterocycles. The van der Waals surface area contributed by atoms with Gasteiger partial charge < -0.3 is 52.6 Å². The van der Waals surface area contributed by atoms with Gasteiger partial charge in [-0.2, -0.15) is 0 Å². The zero-order valence-electron chi connectivity index (χ0n) is 16.0. The van der Waals surface area contributed by atoms with E-state index in [1.54, 1.807) is 34.6 Å². The number of carbonyl (C=O) groups excluding carboxylic acids is 5. The average Bonchev–Trinajstić information content (AvgIpc) is 2.56. The molecule has 0 bridgehead atoms. The molecule has 5 amide bonds. The van der Waals surface area contributed by atoms with E-state index >= 15 is 0 Å². The molecule has 0 aliphatic rings. The first-order valence-corrected chi connectivity index (χ1v) is 7.57. The van der Waals surface area contributed by atoms with Crippen molar-refractivity contribution in [3.63, 3.8) is 0 Å². The summed E-state index contributed by atoms with van der Waals surface area (Å²) in [6.45, 7) is 8.31. The Hall–Kier alpha value is -1.91. The Kier molecular flexibility index (Phi) is 52.0. The maximum Gasteiger partial charge on any atom is 5.00 e. The Bertz CT molecular complexity index is 298. The van der Waals surface area contributed by atoms with Crippen LogP contribution >= 0.6 is 0 Å². The van der Waals surface area contributed by atoms with Gasteiger partial charge in [-0.05, 0) is 32.1 Å². The molecule has 0 unspecified atom stereocenters. The molecule has 0 aliphatic heterocycles. The molecule has 5 N–H and O–H groups in total. The molecule has 0 aromatic carbocycles. The fourth-order valence-electron chi connectivity index (χ4n) is 0. The maximum absolute atomic E-state index is 9.48. The second kappa shape index (κ2) is 34.4. The predicted molar refractivity (Wildman–Crippen MR) is 98.1 cm³/mol. The summed E-state index contributed by atoms with van der Waals surface area (Å²) in [5, 5.41) is 0. The first-order chi connectivity index (χ1) is 11.4. The third-order valence-corrected chi connectivity index (χ3v) is 1.61. The Morgan fingerprint density at radius 1 is 0.423 bits per heavy atom. The molecule has 0 atom stereocenters. The minimum absolute atomic E-state index is 0. The fraction of sp³-hybridized carbons (Fsp3) is 0.667. The largest absolute Gasteiger partial charge is 5.00 e. The van der Waals surface area contributed by atoms with Gasteiger partial charge in [0.1, 0.15) is 0 Å². The van der Waals surface area contributed by atoms with E-state index in [0.29, 0.717) is 32.1 Å². The standard InChI is InChI=1S/5C3H7NO.Ta/c5*1-2-3(4)5;/h5*2H2,1H3,(H2,4,5);/q;;;;;+5/p-5. The molecule has 0 fully saturated rings. The predicted octanol–water partition coefficient (Wildman–Crippen LogP) is 4.87. The third kappa shape index (κ3) is 150. The number of carbonyl (C=O) groups is 5. The summed E-state index contributed by atoms with van der Waals surface area (Å²) in [5.74, 6) is -2.48. The average molecular weight is 541 g/mol. The first kappa shape index (κ1) is 39.2. The van der Waals surface area contributed by atoms with Crippen molar-refractivity contribution in [2.45, 2.75) is 66.7 Å². The monoisotopic (exact) mass is 541 g/mol. The van der Waals surface area contributed by atoms with Crippen LogP contribution in [-0.2, 0) is 46.4 Å². The molecule has 11 heteroatoms. The molecule has 0 spiro atoms. The van der Waals surface area contributed by atoms with E-state index < -0.39 is 29.5 Å². The second-order valence-corrected chi connectivity index (χ2v) is 3.88. The van der Waals surface area contributed by atoms with Crippen molar-refractivity contribution in [3.8, 4) is 0 Å². The Morgan fingerprint density at radius 3 is 0.462 bits per heavy atom. The number of amides is 5. The van der Waals surface area contributed by atoms with Crippen LogP contribution in [0.25, 0.3) is 28.7 Å². The van der Waals surface area contributed by atoms with E-state index in [1.807, 2.05) is 0 Å². The van der Waals surface area contributed by atoms with Crippen molar-refractivity contribution in [2.75, 3.05) is 0 Å². The Labute approximate surface area is 171 Å². The first-order valence-electron chi connectivity index (χ1n) is 7.57. The normalized spacial score (nSPS) is 7.12. The minimum Gasteiger partial charge on any atom is -0.668 e. The second-order valence-electron chi connectivity index (χ2n) is 3.88. The van der Waals surface area contributed by atoms with Crippen LogP contribution in [0.15, 0.2) is 0 Å². The van der Waals surface area contributed by atoms with E-state index in [2.05, 4.69) is 0 Å². The van der Waals surface area contributed by atoms with Crippen molar-refractivity contribution in [1.29, 1.82) is 0 Å². The summed E-state index contributed by atoms with van der Waals surface area (Å²) < 4.78 is 0. The van der Waals surface area contributed by atoms with Crippen LogP contribution in [0.4, 0.5) is 0 Å². The van der Waals surface area contributed by atoms with Crippen molar-refractivity contribution in [1.82, 2.24) is 0 Å². The van der Waals surface area contributed by atoms with E-state index in [-0.39, 0.29) is 22.4 Å². The van der Waals surface area contributed by atoms with E-state index in [4.69, 9.17) is 28.7 Å². The van der Waals surface area contributed by atoms with Crippen LogP contribution < -0.4 is 0 Å².